The molecule has 14 heavy (non-hydrogen) atoms. The Bertz CT molecular complexity index is 462. The number of halogens is 1. The van der Waals surface area contributed by atoms with Crippen LogP contribution in [-0.2, 0) is 0 Å². The molecular formula is C10H10ClN3. The number of benzene rings is 1. The van der Waals surface area contributed by atoms with Crippen LogP contribution < -0.4 is 5.73 Å². The first kappa shape index (κ1) is 9.09. The molecule has 0 bridgehead atoms. The van der Waals surface area contributed by atoms with Gasteiger partial charge in [0.25, 0.3) is 0 Å². The average Bonchev–Trinajstić information content (AvgIpc) is 2.56. The molecule has 3 N–H and O–H groups in total. The van der Waals surface area contributed by atoms with Crippen LogP contribution in [0.5, 0.6) is 0 Å². The standard InChI is InChI=1S/C10H10ClN3/c1-6-2-3-8(11)7(4-6)9-5-10(12)14-13-9/h2-5H,1H3,(H3,12,13,14). The Balaban J connectivity index is 2.55. The minimum absolute atomic E-state index is 0.470. The number of H-pyrrole nitrogens is 1. The summed E-state index contributed by atoms with van der Waals surface area (Å²) < 4.78 is 0. The fraction of sp³-hybridized carbons (Fsp3) is 0.100. The Morgan fingerprint density at radius 1 is 1.36 bits per heavy atom. The number of hydrogen-bond donors (Lipinski definition) is 2. The lowest BCUT2D eigenvalue weighted by Gasteiger charge is -2.01. The first-order valence-corrected chi connectivity index (χ1v) is 4.62. The molecule has 0 saturated carbocycles. The number of anilines is 1. The van der Waals surface area contributed by atoms with E-state index in [1.165, 1.54) is 0 Å². The fourth-order valence-electron chi connectivity index (χ4n) is 1.32. The van der Waals surface area contributed by atoms with E-state index in [2.05, 4.69) is 10.2 Å². The van der Waals surface area contributed by atoms with Crippen LogP contribution in [0.1, 0.15) is 5.56 Å². The van der Waals surface area contributed by atoms with Gasteiger partial charge in [0.15, 0.2) is 0 Å². The van der Waals surface area contributed by atoms with Gasteiger partial charge in [0.1, 0.15) is 5.82 Å². The molecule has 72 valence electrons. The smallest absolute Gasteiger partial charge is 0.145 e. The van der Waals surface area contributed by atoms with E-state index in [4.69, 9.17) is 17.3 Å². The van der Waals surface area contributed by atoms with Gasteiger partial charge in [-0.1, -0.05) is 23.2 Å². The minimum Gasteiger partial charge on any atom is -0.382 e. The molecule has 0 aliphatic carbocycles. The quantitative estimate of drug-likeness (QED) is 0.755. The summed E-state index contributed by atoms with van der Waals surface area (Å²) in [6, 6.07) is 7.59. The highest BCUT2D eigenvalue weighted by Crippen LogP contribution is 2.27. The molecule has 2 rings (SSSR count). The zero-order valence-electron chi connectivity index (χ0n) is 7.71. The Labute approximate surface area is 86.9 Å². The normalized spacial score (nSPS) is 10.4. The van der Waals surface area contributed by atoms with Gasteiger partial charge in [0.2, 0.25) is 0 Å². The van der Waals surface area contributed by atoms with Gasteiger partial charge >= 0.3 is 0 Å². The number of nitrogens with two attached hydrogens (primary N) is 1. The second-order valence-electron chi connectivity index (χ2n) is 3.19. The van der Waals surface area contributed by atoms with Crippen LogP contribution in [0.15, 0.2) is 24.3 Å². The highest BCUT2D eigenvalue weighted by Gasteiger charge is 2.05. The second kappa shape index (κ2) is 3.35. The van der Waals surface area contributed by atoms with Crippen molar-refractivity contribution in [1.29, 1.82) is 0 Å². The average molecular weight is 208 g/mol. The summed E-state index contributed by atoms with van der Waals surface area (Å²) in [5, 5.41) is 7.38. The molecule has 0 unspecified atom stereocenters. The third-order valence-corrected chi connectivity index (χ3v) is 2.34. The lowest BCUT2D eigenvalue weighted by Crippen LogP contribution is -1.81. The summed E-state index contributed by atoms with van der Waals surface area (Å²) >= 11 is 6.05. The third kappa shape index (κ3) is 1.59. The zero-order valence-corrected chi connectivity index (χ0v) is 8.47. The maximum Gasteiger partial charge on any atom is 0.145 e. The van der Waals surface area contributed by atoms with E-state index in [1.807, 2.05) is 25.1 Å². The molecule has 0 aliphatic heterocycles. The number of nitrogens with zero attached hydrogens (tertiary/aromatic N) is 1. The Hall–Kier alpha value is -1.48. The topological polar surface area (TPSA) is 54.7 Å². The van der Waals surface area contributed by atoms with E-state index in [0.29, 0.717) is 10.8 Å². The van der Waals surface area contributed by atoms with Gasteiger partial charge in [-0.05, 0) is 19.1 Å². The molecule has 1 aromatic carbocycles. The predicted octanol–water partition coefficient (Wildman–Crippen LogP) is 2.62. The Kier molecular flexibility index (Phi) is 2.17. The summed E-state index contributed by atoms with van der Waals surface area (Å²) in [7, 11) is 0. The molecule has 1 heterocycles. The van der Waals surface area contributed by atoms with Crippen LogP contribution in [0.25, 0.3) is 11.3 Å². The van der Waals surface area contributed by atoms with Crippen LogP contribution in [-0.4, -0.2) is 10.2 Å². The van der Waals surface area contributed by atoms with Crippen molar-refractivity contribution in [1.82, 2.24) is 10.2 Å². The lowest BCUT2D eigenvalue weighted by atomic mass is 10.1. The van der Waals surface area contributed by atoms with E-state index >= 15 is 0 Å². The molecule has 0 spiro atoms. The van der Waals surface area contributed by atoms with E-state index in [9.17, 15) is 0 Å². The number of rotatable bonds is 1. The molecule has 0 atom stereocenters. The van der Waals surface area contributed by atoms with Gasteiger partial charge in [0.05, 0.1) is 5.69 Å². The molecule has 0 fully saturated rings. The molecule has 4 heteroatoms. The van der Waals surface area contributed by atoms with Crippen molar-refractivity contribution in [3.63, 3.8) is 0 Å². The van der Waals surface area contributed by atoms with Crippen LogP contribution in [0.3, 0.4) is 0 Å². The van der Waals surface area contributed by atoms with Crippen LogP contribution in [0, 0.1) is 6.92 Å². The Morgan fingerprint density at radius 3 is 2.79 bits per heavy atom. The van der Waals surface area contributed by atoms with E-state index < -0.39 is 0 Å². The maximum absolute atomic E-state index is 6.05. The highest BCUT2D eigenvalue weighted by molar-refractivity contribution is 6.33. The summed E-state index contributed by atoms with van der Waals surface area (Å²) in [5.41, 5.74) is 8.44. The van der Waals surface area contributed by atoms with E-state index in [-0.39, 0.29) is 0 Å². The van der Waals surface area contributed by atoms with Crippen molar-refractivity contribution in [2.75, 3.05) is 5.73 Å². The van der Waals surface area contributed by atoms with Gasteiger partial charge in [-0.25, -0.2) is 0 Å². The summed E-state index contributed by atoms with van der Waals surface area (Å²) in [4.78, 5) is 0. The SMILES string of the molecule is Cc1ccc(Cl)c(-c2cc(N)n[nH]2)c1. The molecule has 1 aromatic heterocycles. The summed E-state index contributed by atoms with van der Waals surface area (Å²) in [6.45, 7) is 2.01. The molecule has 0 amide bonds. The van der Waals surface area contributed by atoms with Gasteiger partial charge in [-0.3, -0.25) is 5.10 Å². The molecule has 0 aliphatic rings. The molecule has 2 aromatic rings. The van der Waals surface area contributed by atoms with Gasteiger partial charge in [0, 0.05) is 16.7 Å². The largest absolute Gasteiger partial charge is 0.382 e. The zero-order chi connectivity index (χ0) is 10.1. The van der Waals surface area contributed by atoms with Crippen molar-refractivity contribution in [3.05, 3.63) is 34.9 Å². The number of hydrogen-bond acceptors (Lipinski definition) is 2. The van der Waals surface area contributed by atoms with E-state index in [0.717, 1.165) is 16.8 Å². The lowest BCUT2D eigenvalue weighted by molar-refractivity contribution is 1.10. The monoisotopic (exact) mass is 207 g/mol. The van der Waals surface area contributed by atoms with Crippen molar-refractivity contribution in [2.45, 2.75) is 6.92 Å². The number of aromatic amines is 1. The molecule has 0 saturated heterocycles. The van der Waals surface area contributed by atoms with Crippen molar-refractivity contribution >= 4 is 17.4 Å². The first-order chi connectivity index (χ1) is 6.66. The highest BCUT2D eigenvalue weighted by atomic mass is 35.5. The van der Waals surface area contributed by atoms with Crippen molar-refractivity contribution in [3.8, 4) is 11.3 Å². The van der Waals surface area contributed by atoms with Crippen LogP contribution >= 0.6 is 11.6 Å². The van der Waals surface area contributed by atoms with Gasteiger partial charge in [-0.15, -0.1) is 0 Å². The molecular weight excluding hydrogens is 198 g/mol. The van der Waals surface area contributed by atoms with Crippen LogP contribution in [0.4, 0.5) is 5.82 Å². The fourth-order valence-corrected chi connectivity index (χ4v) is 1.54. The third-order valence-electron chi connectivity index (χ3n) is 2.01. The number of aromatic nitrogens is 2. The second-order valence-corrected chi connectivity index (χ2v) is 3.60. The summed E-state index contributed by atoms with van der Waals surface area (Å²) in [5.74, 6) is 0.470. The summed E-state index contributed by atoms with van der Waals surface area (Å²) in [6.07, 6.45) is 0. The van der Waals surface area contributed by atoms with Crippen molar-refractivity contribution < 1.29 is 0 Å². The number of nitrogen functional groups attached to an aromatic ring is 1. The molecule has 3 nitrogen and oxygen atoms in total. The maximum atomic E-state index is 6.05. The van der Waals surface area contributed by atoms with Crippen LogP contribution in [0.2, 0.25) is 5.02 Å². The minimum atomic E-state index is 0.470. The molecule has 0 radical (unpaired) electrons. The predicted molar refractivity (Wildman–Crippen MR) is 58.2 cm³/mol. The first-order valence-electron chi connectivity index (χ1n) is 4.24. The number of aryl methyl sites for hydroxylation is 1. The Morgan fingerprint density at radius 2 is 2.14 bits per heavy atom. The number of nitrogens with one attached hydrogen (secondary N) is 1. The van der Waals surface area contributed by atoms with E-state index in [1.54, 1.807) is 6.07 Å². The van der Waals surface area contributed by atoms with Crippen molar-refractivity contribution in [2.24, 2.45) is 0 Å². The van der Waals surface area contributed by atoms with Gasteiger partial charge < -0.3 is 5.73 Å². The van der Waals surface area contributed by atoms with Gasteiger partial charge in [-0.2, -0.15) is 5.10 Å².